The molecule has 0 saturated carbocycles. The summed E-state index contributed by atoms with van der Waals surface area (Å²) in [5, 5.41) is 2.50. The molecule has 0 bridgehead atoms. The number of ether oxygens (including phenoxy) is 1. The lowest BCUT2D eigenvalue weighted by atomic mass is 9.90. The van der Waals surface area contributed by atoms with Crippen LogP contribution in [0.3, 0.4) is 0 Å². The van der Waals surface area contributed by atoms with E-state index in [0.717, 1.165) is 17.9 Å². The Morgan fingerprint density at radius 1 is 0.541 bits per heavy atom. The van der Waals surface area contributed by atoms with Gasteiger partial charge in [-0.2, -0.15) is 4.57 Å². The molecule has 6 rings (SSSR count). The molecule has 0 aliphatic carbocycles. The molecule has 178 valence electrons. The van der Waals surface area contributed by atoms with Gasteiger partial charge in [-0.05, 0) is 41.5 Å². The third-order valence-electron chi connectivity index (χ3n) is 6.89. The smallest absolute Gasteiger partial charge is 0.227 e. The van der Waals surface area contributed by atoms with E-state index < -0.39 is 0 Å². The average molecular weight is 479 g/mol. The van der Waals surface area contributed by atoms with Gasteiger partial charge in [-0.25, -0.2) is 0 Å². The number of methoxy groups -OCH3 is 1. The number of benzene rings is 5. The topological polar surface area (TPSA) is 13.1 Å². The van der Waals surface area contributed by atoms with Crippen LogP contribution >= 0.6 is 0 Å². The maximum Gasteiger partial charge on any atom is 0.227 e. The fraction of sp³-hybridized carbons (Fsp3) is 0.0571. The largest absolute Gasteiger partial charge is 0.497 e. The number of nitrogens with zero attached hydrogens (tertiary/aromatic N) is 1. The molecule has 2 heteroatoms. The Labute approximate surface area is 218 Å². The lowest BCUT2D eigenvalue weighted by molar-refractivity contribution is -0.590. The zero-order chi connectivity index (χ0) is 25.0. The van der Waals surface area contributed by atoms with Crippen LogP contribution in [0.5, 0.6) is 5.75 Å². The Morgan fingerprint density at radius 3 is 1.70 bits per heavy atom. The van der Waals surface area contributed by atoms with Crippen LogP contribution in [0.2, 0.25) is 0 Å². The summed E-state index contributed by atoms with van der Waals surface area (Å²) in [6.45, 7) is 0. The second kappa shape index (κ2) is 10.1. The third kappa shape index (κ3) is 4.39. The van der Waals surface area contributed by atoms with E-state index in [1.807, 2.05) is 12.1 Å². The zero-order valence-corrected chi connectivity index (χ0v) is 20.8. The fourth-order valence-electron chi connectivity index (χ4n) is 5.19. The van der Waals surface area contributed by atoms with E-state index in [1.165, 1.54) is 44.4 Å². The van der Waals surface area contributed by atoms with Crippen molar-refractivity contribution in [2.75, 3.05) is 7.11 Å². The molecule has 37 heavy (non-hydrogen) atoms. The van der Waals surface area contributed by atoms with Crippen LogP contribution in [0.4, 0.5) is 0 Å². The molecule has 0 N–H and O–H groups in total. The van der Waals surface area contributed by atoms with E-state index in [1.54, 1.807) is 7.11 Å². The van der Waals surface area contributed by atoms with Crippen molar-refractivity contribution in [1.29, 1.82) is 0 Å². The van der Waals surface area contributed by atoms with E-state index in [2.05, 4.69) is 132 Å². The summed E-state index contributed by atoms with van der Waals surface area (Å²) in [7, 11) is 1.71. The zero-order valence-electron chi connectivity index (χ0n) is 20.8. The maximum atomic E-state index is 5.50. The molecule has 0 amide bonds. The van der Waals surface area contributed by atoms with Crippen molar-refractivity contribution in [2.45, 2.75) is 6.42 Å². The first-order valence-corrected chi connectivity index (χ1v) is 12.6. The molecule has 1 heterocycles. The molecule has 0 radical (unpaired) electrons. The molecule has 0 unspecified atom stereocenters. The fourth-order valence-corrected chi connectivity index (χ4v) is 5.19. The Kier molecular flexibility index (Phi) is 6.22. The standard InChI is InChI=1S/C35H28NO/c1-37-30-23-21-29(22-24-30)36-33(25-26-13-5-2-6-14-26)31-19-11-12-20-32(31)34(27-15-7-3-8-16-27)35(36)28-17-9-4-10-18-28/h2-24H,25H2,1H3/q+1. The summed E-state index contributed by atoms with van der Waals surface area (Å²) in [5.41, 5.74) is 8.43. The normalized spacial score (nSPS) is 10.9. The lowest BCUT2D eigenvalue weighted by Gasteiger charge is -2.18. The molecule has 6 aromatic rings. The molecule has 0 saturated heterocycles. The first-order valence-electron chi connectivity index (χ1n) is 12.6. The predicted octanol–water partition coefficient (Wildman–Crippen LogP) is 8.05. The van der Waals surface area contributed by atoms with Gasteiger partial charge in [0.1, 0.15) is 5.75 Å². The first kappa shape index (κ1) is 22.8. The van der Waals surface area contributed by atoms with Crippen LogP contribution in [0.15, 0.2) is 140 Å². The van der Waals surface area contributed by atoms with E-state index in [0.29, 0.717) is 0 Å². The Bertz CT molecular complexity index is 1640. The van der Waals surface area contributed by atoms with Gasteiger partial charge in [0.2, 0.25) is 11.4 Å². The van der Waals surface area contributed by atoms with Crippen molar-refractivity contribution in [3.05, 3.63) is 151 Å². The molecule has 0 aliphatic heterocycles. The number of hydrogen-bond donors (Lipinski definition) is 0. The summed E-state index contributed by atoms with van der Waals surface area (Å²) in [4.78, 5) is 0. The second-order valence-electron chi connectivity index (χ2n) is 9.14. The minimum absolute atomic E-state index is 0.808. The third-order valence-corrected chi connectivity index (χ3v) is 6.89. The molecule has 1 aromatic heterocycles. The van der Waals surface area contributed by atoms with Gasteiger partial charge in [0.15, 0.2) is 5.69 Å². The van der Waals surface area contributed by atoms with Crippen LogP contribution in [-0.4, -0.2) is 7.11 Å². The summed E-state index contributed by atoms with van der Waals surface area (Å²) >= 11 is 0. The number of fused-ring (bicyclic) bond motifs is 1. The minimum atomic E-state index is 0.808. The SMILES string of the molecule is COc1ccc(-[n+]2c(-c3ccccc3)c(-c3ccccc3)c3ccccc3c2Cc2ccccc2)cc1. The number of hydrogen-bond acceptors (Lipinski definition) is 1. The van der Waals surface area contributed by atoms with Crippen molar-refractivity contribution in [3.8, 4) is 33.8 Å². The molecule has 2 nitrogen and oxygen atoms in total. The van der Waals surface area contributed by atoms with Crippen LogP contribution in [-0.2, 0) is 6.42 Å². The van der Waals surface area contributed by atoms with E-state index in [4.69, 9.17) is 4.74 Å². The highest BCUT2D eigenvalue weighted by atomic mass is 16.5. The van der Waals surface area contributed by atoms with Gasteiger partial charge >= 0.3 is 0 Å². The van der Waals surface area contributed by atoms with Crippen LogP contribution in [0.25, 0.3) is 38.8 Å². The van der Waals surface area contributed by atoms with Gasteiger partial charge in [0.05, 0.1) is 24.5 Å². The first-order chi connectivity index (χ1) is 18.3. The number of aromatic nitrogens is 1. The highest BCUT2D eigenvalue weighted by molar-refractivity contribution is 6.02. The van der Waals surface area contributed by atoms with Gasteiger partial charge in [0.25, 0.3) is 0 Å². The van der Waals surface area contributed by atoms with Crippen LogP contribution in [0.1, 0.15) is 11.3 Å². The van der Waals surface area contributed by atoms with Gasteiger partial charge in [-0.3, -0.25) is 0 Å². The van der Waals surface area contributed by atoms with Gasteiger partial charge in [-0.1, -0.05) is 97.1 Å². The van der Waals surface area contributed by atoms with Crippen molar-refractivity contribution < 1.29 is 9.30 Å². The van der Waals surface area contributed by atoms with Crippen LogP contribution in [0, 0.1) is 0 Å². The Morgan fingerprint density at radius 2 is 1.08 bits per heavy atom. The maximum absolute atomic E-state index is 5.50. The van der Waals surface area contributed by atoms with Gasteiger partial charge in [0, 0.05) is 23.1 Å². The number of pyridine rings is 1. The Hall–Kier alpha value is -4.69. The predicted molar refractivity (Wildman–Crippen MR) is 152 cm³/mol. The minimum Gasteiger partial charge on any atom is -0.497 e. The molecule has 0 spiro atoms. The molecule has 0 fully saturated rings. The average Bonchev–Trinajstić information content (AvgIpc) is 2.98. The summed E-state index contributed by atoms with van der Waals surface area (Å²) < 4.78 is 7.95. The molecular weight excluding hydrogens is 450 g/mol. The van der Waals surface area contributed by atoms with Gasteiger partial charge in [-0.15, -0.1) is 0 Å². The van der Waals surface area contributed by atoms with Crippen molar-refractivity contribution in [1.82, 2.24) is 0 Å². The van der Waals surface area contributed by atoms with Crippen molar-refractivity contribution in [2.24, 2.45) is 0 Å². The molecule has 5 aromatic carbocycles. The van der Waals surface area contributed by atoms with E-state index in [9.17, 15) is 0 Å². The Balaban J connectivity index is 1.79. The molecule has 0 atom stereocenters. The monoisotopic (exact) mass is 478 g/mol. The van der Waals surface area contributed by atoms with Gasteiger partial charge < -0.3 is 4.74 Å². The number of rotatable bonds is 6. The van der Waals surface area contributed by atoms with Crippen molar-refractivity contribution >= 4 is 10.8 Å². The lowest BCUT2D eigenvalue weighted by Crippen LogP contribution is -2.39. The summed E-state index contributed by atoms with van der Waals surface area (Å²) in [6.07, 6.45) is 0.808. The summed E-state index contributed by atoms with van der Waals surface area (Å²) in [6, 6.07) is 49.4. The van der Waals surface area contributed by atoms with Crippen molar-refractivity contribution in [3.63, 3.8) is 0 Å². The highest BCUT2D eigenvalue weighted by Gasteiger charge is 2.30. The van der Waals surface area contributed by atoms with Crippen LogP contribution < -0.4 is 9.30 Å². The van der Waals surface area contributed by atoms with E-state index >= 15 is 0 Å². The molecular formula is C35H28NO+. The molecule has 0 aliphatic rings. The van der Waals surface area contributed by atoms with E-state index in [-0.39, 0.29) is 0 Å². The quantitative estimate of drug-likeness (QED) is 0.221. The highest BCUT2D eigenvalue weighted by Crippen LogP contribution is 2.38. The second-order valence-corrected chi connectivity index (χ2v) is 9.14. The summed E-state index contributed by atoms with van der Waals surface area (Å²) in [5.74, 6) is 0.847.